The zero-order chi connectivity index (χ0) is 38.5. The molecule has 2 aliphatic carbocycles. The van der Waals surface area contributed by atoms with Gasteiger partial charge in [-0.2, -0.15) is 5.26 Å². The predicted molar refractivity (Wildman–Crippen MR) is 233 cm³/mol. The maximum Gasteiger partial charge on any atom is 0.164 e. The van der Waals surface area contributed by atoms with Crippen LogP contribution in [-0.2, 0) is 5.41 Å². The normalized spacial score (nSPS) is 20.3. The van der Waals surface area contributed by atoms with E-state index < -0.39 is 0 Å². The standard InChI is InChI=1S/C53H44N4/c1-34-28-37-29-35(2)31-53(30-34,32-37)43-26-24-42(25-27-43)52-56-50(40-10-4-3-5-11-40)55-51(57-52)41-22-20-39(21-23-41)49-46-14-8-6-12-44(46)48(45-13-7-9-15-47(45)49)38-18-16-36(33-54)17-19-38/h3-27,34-35,37H,28-32H2,1-2H3/t34-,35+,37?,53?. The molecule has 10 rings (SSSR count). The summed E-state index contributed by atoms with van der Waals surface area (Å²) < 4.78 is 0. The summed E-state index contributed by atoms with van der Waals surface area (Å²) in [5, 5.41) is 14.2. The van der Waals surface area contributed by atoms with Crippen molar-refractivity contribution >= 4 is 21.5 Å². The summed E-state index contributed by atoms with van der Waals surface area (Å²) in [6.07, 6.45) is 6.63. The largest absolute Gasteiger partial charge is 0.208 e. The van der Waals surface area contributed by atoms with Crippen LogP contribution in [0.4, 0.5) is 0 Å². The molecule has 2 saturated carbocycles. The van der Waals surface area contributed by atoms with Gasteiger partial charge in [0.25, 0.3) is 0 Å². The summed E-state index contributed by atoms with van der Waals surface area (Å²) in [4.78, 5) is 15.3. The number of rotatable bonds is 6. The number of benzene rings is 7. The van der Waals surface area contributed by atoms with Crippen LogP contribution in [0.25, 0.3) is 78.0 Å². The fourth-order valence-corrected chi connectivity index (χ4v) is 10.6. The molecule has 276 valence electrons. The number of hydrogen-bond acceptors (Lipinski definition) is 4. The highest BCUT2D eigenvalue weighted by Crippen LogP contribution is 2.54. The Morgan fingerprint density at radius 2 is 0.842 bits per heavy atom. The summed E-state index contributed by atoms with van der Waals surface area (Å²) >= 11 is 0. The molecule has 2 unspecified atom stereocenters. The SMILES string of the molecule is C[C@@H]1CC2C[C@H](C)CC(c3ccc(-c4nc(-c5ccccc5)nc(-c5ccc(-c6c7ccccc7c(-c7ccc(C#N)cc7)c7ccccc67)cc5)n4)cc3)(C2)C1. The summed E-state index contributed by atoms with van der Waals surface area (Å²) in [7, 11) is 0. The van der Waals surface area contributed by atoms with Gasteiger partial charge < -0.3 is 0 Å². The van der Waals surface area contributed by atoms with E-state index in [1.54, 1.807) is 0 Å². The molecule has 2 fully saturated rings. The molecule has 4 atom stereocenters. The van der Waals surface area contributed by atoms with Crippen LogP contribution in [0.2, 0.25) is 0 Å². The molecule has 1 heterocycles. The van der Waals surface area contributed by atoms with Gasteiger partial charge in [-0.1, -0.05) is 153 Å². The van der Waals surface area contributed by atoms with E-state index in [0.29, 0.717) is 23.0 Å². The predicted octanol–water partition coefficient (Wildman–Crippen LogP) is 13.5. The molecule has 1 aromatic heterocycles. The fourth-order valence-electron chi connectivity index (χ4n) is 10.6. The van der Waals surface area contributed by atoms with Crippen LogP contribution in [0.5, 0.6) is 0 Å². The van der Waals surface area contributed by atoms with E-state index in [4.69, 9.17) is 15.0 Å². The Bertz CT molecular complexity index is 2720. The fraction of sp³-hybridized carbons (Fsp3) is 0.208. The van der Waals surface area contributed by atoms with Gasteiger partial charge in [0.1, 0.15) is 0 Å². The first kappa shape index (κ1) is 35.0. The molecule has 2 bridgehead atoms. The second-order valence-corrected chi connectivity index (χ2v) is 16.8. The first-order chi connectivity index (χ1) is 27.9. The second-order valence-electron chi connectivity index (χ2n) is 16.8. The molecule has 2 aliphatic rings. The molecule has 8 aromatic rings. The third-order valence-electron chi connectivity index (χ3n) is 12.7. The number of nitriles is 1. The Morgan fingerprint density at radius 3 is 1.30 bits per heavy atom. The van der Waals surface area contributed by atoms with Gasteiger partial charge in [0, 0.05) is 16.7 Å². The number of hydrogen-bond donors (Lipinski definition) is 0. The van der Waals surface area contributed by atoms with Crippen LogP contribution in [0.1, 0.15) is 57.1 Å². The summed E-state index contributed by atoms with van der Waals surface area (Å²) in [6, 6.07) is 55.6. The summed E-state index contributed by atoms with van der Waals surface area (Å²) in [5.74, 6) is 4.40. The molecular weight excluding hydrogens is 693 g/mol. The van der Waals surface area contributed by atoms with Crippen molar-refractivity contribution in [3.63, 3.8) is 0 Å². The molecule has 4 nitrogen and oxygen atoms in total. The smallest absolute Gasteiger partial charge is 0.164 e. The molecule has 57 heavy (non-hydrogen) atoms. The first-order valence-corrected chi connectivity index (χ1v) is 20.4. The Balaban J connectivity index is 1.05. The number of nitrogens with zero attached hydrogens (tertiary/aromatic N) is 4. The minimum Gasteiger partial charge on any atom is -0.208 e. The van der Waals surface area contributed by atoms with Gasteiger partial charge in [0.2, 0.25) is 0 Å². The topological polar surface area (TPSA) is 62.5 Å². The van der Waals surface area contributed by atoms with Crippen molar-refractivity contribution in [2.24, 2.45) is 17.8 Å². The van der Waals surface area contributed by atoms with Crippen LogP contribution >= 0.6 is 0 Å². The van der Waals surface area contributed by atoms with E-state index >= 15 is 0 Å². The van der Waals surface area contributed by atoms with Gasteiger partial charge in [0.15, 0.2) is 17.5 Å². The summed E-state index contributed by atoms with van der Waals surface area (Å²) in [5.41, 5.74) is 9.92. The molecule has 0 spiro atoms. The highest BCUT2D eigenvalue weighted by Gasteiger charge is 2.45. The van der Waals surface area contributed by atoms with Gasteiger partial charge in [-0.15, -0.1) is 0 Å². The Labute approximate surface area is 334 Å². The maximum atomic E-state index is 9.46. The van der Waals surface area contributed by atoms with Crippen molar-refractivity contribution in [1.82, 2.24) is 15.0 Å². The highest BCUT2D eigenvalue weighted by atomic mass is 15.0. The average Bonchev–Trinajstić information content (AvgIpc) is 3.25. The van der Waals surface area contributed by atoms with Gasteiger partial charge >= 0.3 is 0 Å². The number of fused-ring (bicyclic) bond motifs is 4. The van der Waals surface area contributed by atoms with E-state index in [9.17, 15) is 5.26 Å². The van der Waals surface area contributed by atoms with Crippen LogP contribution in [0.15, 0.2) is 152 Å². The lowest BCUT2D eigenvalue weighted by atomic mass is 9.54. The first-order valence-electron chi connectivity index (χ1n) is 20.4. The summed E-state index contributed by atoms with van der Waals surface area (Å²) in [6.45, 7) is 4.91. The van der Waals surface area contributed by atoms with E-state index in [1.165, 1.54) is 70.3 Å². The van der Waals surface area contributed by atoms with Crippen molar-refractivity contribution in [3.05, 3.63) is 163 Å². The van der Waals surface area contributed by atoms with Crippen LogP contribution in [0, 0.1) is 29.1 Å². The molecule has 4 heteroatoms. The van der Waals surface area contributed by atoms with E-state index in [0.717, 1.165) is 45.6 Å². The Hall–Kier alpha value is -6.44. The zero-order valence-corrected chi connectivity index (χ0v) is 32.5. The van der Waals surface area contributed by atoms with Gasteiger partial charge in [-0.25, -0.2) is 15.0 Å². The van der Waals surface area contributed by atoms with Crippen molar-refractivity contribution in [1.29, 1.82) is 5.26 Å². The maximum absolute atomic E-state index is 9.46. The third kappa shape index (κ3) is 6.38. The monoisotopic (exact) mass is 736 g/mol. The van der Waals surface area contributed by atoms with Crippen LogP contribution < -0.4 is 0 Å². The van der Waals surface area contributed by atoms with Crippen LogP contribution in [0.3, 0.4) is 0 Å². The molecular formula is C53H44N4. The molecule has 0 amide bonds. The number of aromatic nitrogens is 3. The molecule has 0 radical (unpaired) electrons. The van der Waals surface area contributed by atoms with Crippen molar-refractivity contribution in [2.45, 2.75) is 51.4 Å². The second kappa shape index (κ2) is 14.3. The van der Waals surface area contributed by atoms with Crippen molar-refractivity contribution < 1.29 is 0 Å². The lowest BCUT2D eigenvalue weighted by Crippen LogP contribution is -2.42. The van der Waals surface area contributed by atoms with Crippen molar-refractivity contribution in [2.75, 3.05) is 0 Å². The van der Waals surface area contributed by atoms with E-state index in [1.807, 2.05) is 30.3 Å². The minimum atomic E-state index is 0.278. The zero-order valence-electron chi connectivity index (χ0n) is 32.5. The van der Waals surface area contributed by atoms with Crippen LogP contribution in [-0.4, -0.2) is 15.0 Å². The van der Waals surface area contributed by atoms with Crippen molar-refractivity contribution in [3.8, 4) is 62.5 Å². The Morgan fingerprint density at radius 1 is 0.456 bits per heavy atom. The molecule has 0 aliphatic heterocycles. The minimum absolute atomic E-state index is 0.278. The lowest BCUT2D eigenvalue weighted by Gasteiger charge is -2.50. The van der Waals surface area contributed by atoms with Gasteiger partial charge in [-0.3, -0.25) is 0 Å². The average molecular weight is 737 g/mol. The van der Waals surface area contributed by atoms with Gasteiger partial charge in [0.05, 0.1) is 11.6 Å². The quantitative estimate of drug-likeness (QED) is 0.159. The molecule has 0 saturated heterocycles. The Kier molecular flexibility index (Phi) is 8.75. The molecule has 0 N–H and O–H groups in total. The van der Waals surface area contributed by atoms with E-state index in [-0.39, 0.29) is 5.41 Å². The molecule has 7 aromatic carbocycles. The van der Waals surface area contributed by atoms with Gasteiger partial charge in [-0.05, 0) is 117 Å². The third-order valence-corrected chi connectivity index (χ3v) is 12.7. The van der Waals surface area contributed by atoms with E-state index in [2.05, 4.69) is 141 Å². The highest BCUT2D eigenvalue weighted by molar-refractivity contribution is 6.21. The lowest BCUT2D eigenvalue weighted by molar-refractivity contribution is 0.0780.